The van der Waals surface area contributed by atoms with E-state index in [1.807, 2.05) is 0 Å². The maximum atomic E-state index is 12.1. The van der Waals surface area contributed by atoms with Gasteiger partial charge in [-0.25, -0.2) is 14.3 Å². The van der Waals surface area contributed by atoms with Gasteiger partial charge in [-0.1, -0.05) is 23.2 Å². The fraction of sp³-hybridized carbons (Fsp3) is 0.200. The number of carboxylic acid groups (broad SMARTS) is 1. The first-order valence-electron chi connectivity index (χ1n) is 2.99. The van der Waals surface area contributed by atoms with E-state index < -0.39 is 28.4 Å². The summed E-state index contributed by atoms with van der Waals surface area (Å²) in [6.07, 6.45) is -6.82. The minimum absolute atomic E-state index is 0.232. The molecule has 0 aliphatic heterocycles. The fourth-order valence-corrected chi connectivity index (χ4v) is 1.10. The predicted octanol–water partition coefficient (Wildman–Crippen LogP) is 2.73. The van der Waals surface area contributed by atoms with E-state index in [9.17, 15) is 18.0 Å². The third-order valence-electron chi connectivity index (χ3n) is 1.23. The monoisotopic (exact) mass is 248 g/mol. The lowest BCUT2D eigenvalue weighted by molar-refractivity contribution is -0.146. The largest absolute Gasteiger partial charge is 0.464 e. The van der Waals surface area contributed by atoms with Gasteiger partial charge in [-0.05, 0) is 0 Å². The molecule has 9 heteroatoms. The fourth-order valence-electron chi connectivity index (χ4n) is 0.739. The Morgan fingerprint density at radius 1 is 1.43 bits per heavy atom. The molecule has 0 amide bonds. The number of hydrogen-bond donors (Lipinski definition) is 1. The van der Waals surface area contributed by atoms with Crippen LogP contribution in [0, 0.1) is 0 Å². The molecule has 1 rings (SSSR count). The van der Waals surface area contributed by atoms with Gasteiger partial charge in [0.2, 0.25) is 5.82 Å². The average Bonchev–Trinajstić information content (AvgIpc) is 2.27. The molecule has 1 aromatic heterocycles. The lowest BCUT2D eigenvalue weighted by Crippen LogP contribution is -2.19. The Morgan fingerprint density at radius 3 is 2.21 bits per heavy atom. The van der Waals surface area contributed by atoms with Crippen LogP contribution in [0.15, 0.2) is 0 Å². The van der Waals surface area contributed by atoms with Gasteiger partial charge >= 0.3 is 12.3 Å². The maximum Gasteiger partial charge on any atom is 0.450 e. The quantitative estimate of drug-likeness (QED) is 0.768. The summed E-state index contributed by atoms with van der Waals surface area (Å²) in [5.74, 6) is -1.67. The molecule has 0 fully saturated rings. The molecule has 0 aromatic carbocycles. The third-order valence-corrected chi connectivity index (χ3v) is 1.94. The summed E-state index contributed by atoms with van der Waals surface area (Å²) in [6, 6.07) is 0. The zero-order chi connectivity index (χ0) is 11.1. The SMILES string of the molecule is O=C(O)n1c(C(F)(F)F)nc(Cl)c1Cl. The van der Waals surface area contributed by atoms with Crippen molar-refractivity contribution in [3.63, 3.8) is 0 Å². The normalized spacial score (nSPS) is 11.8. The molecule has 0 radical (unpaired) electrons. The van der Waals surface area contributed by atoms with Crippen LogP contribution in [0.1, 0.15) is 5.82 Å². The molecule has 14 heavy (non-hydrogen) atoms. The van der Waals surface area contributed by atoms with Crippen LogP contribution in [-0.4, -0.2) is 20.8 Å². The average molecular weight is 249 g/mol. The Bertz CT molecular complexity index is 387. The zero-order valence-corrected chi connectivity index (χ0v) is 7.65. The highest BCUT2D eigenvalue weighted by Gasteiger charge is 2.40. The number of halogens is 5. The highest BCUT2D eigenvalue weighted by molar-refractivity contribution is 6.41. The second-order valence-corrected chi connectivity index (χ2v) is 2.85. The molecule has 0 atom stereocenters. The van der Waals surface area contributed by atoms with Gasteiger partial charge < -0.3 is 5.11 Å². The summed E-state index contributed by atoms with van der Waals surface area (Å²) >= 11 is 10.4. The summed E-state index contributed by atoms with van der Waals surface area (Å²) in [5.41, 5.74) is 0. The van der Waals surface area contributed by atoms with E-state index in [4.69, 9.17) is 28.3 Å². The topological polar surface area (TPSA) is 55.1 Å². The third kappa shape index (κ3) is 1.78. The second kappa shape index (κ2) is 3.32. The lowest BCUT2D eigenvalue weighted by Gasteiger charge is -2.05. The molecule has 1 heterocycles. The van der Waals surface area contributed by atoms with Crippen LogP contribution in [-0.2, 0) is 6.18 Å². The molecule has 0 aliphatic carbocycles. The first-order chi connectivity index (χ1) is 6.25. The number of aromatic nitrogens is 2. The van der Waals surface area contributed by atoms with Gasteiger partial charge in [0.1, 0.15) is 0 Å². The van der Waals surface area contributed by atoms with E-state index in [1.54, 1.807) is 0 Å². The van der Waals surface area contributed by atoms with Crippen LogP contribution in [0.25, 0.3) is 0 Å². The van der Waals surface area contributed by atoms with Crippen LogP contribution < -0.4 is 0 Å². The molecule has 0 saturated carbocycles. The van der Waals surface area contributed by atoms with Crippen molar-refractivity contribution in [2.45, 2.75) is 6.18 Å². The Kier molecular flexibility index (Phi) is 2.64. The van der Waals surface area contributed by atoms with Gasteiger partial charge in [0.15, 0.2) is 10.3 Å². The van der Waals surface area contributed by atoms with Crippen molar-refractivity contribution in [1.82, 2.24) is 9.55 Å². The molecule has 78 valence electrons. The molecule has 4 nitrogen and oxygen atoms in total. The van der Waals surface area contributed by atoms with Crippen LogP contribution in [0.2, 0.25) is 10.3 Å². The standard InChI is InChI=1S/C5HCl2F3N2O2/c6-1-2(7)12(4(13)14)3(11-1)5(8,9)10/h(H,13,14). The van der Waals surface area contributed by atoms with Crippen LogP contribution in [0.3, 0.4) is 0 Å². The molecular weight excluding hydrogens is 248 g/mol. The summed E-state index contributed by atoms with van der Waals surface area (Å²) in [5, 5.41) is 6.91. The van der Waals surface area contributed by atoms with Crippen molar-refractivity contribution < 1.29 is 23.1 Å². The Balaban J connectivity index is 3.45. The highest BCUT2D eigenvalue weighted by Crippen LogP contribution is 2.33. The van der Waals surface area contributed by atoms with Crippen molar-refractivity contribution >= 4 is 29.3 Å². The minimum Gasteiger partial charge on any atom is -0.464 e. The van der Waals surface area contributed by atoms with Crippen molar-refractivity contribution in [3.8, 4) is 0 Å². The van der Waals surface area contributed by atoms with Gasteiger partial charge in [-0.15, -0.1) is 0 Å². The highest BCUT2D eigenvalue weighted by atomic mass is 35.5. The van der Waals surface area contributed by atoms with Crippen LogP contribution in [0.4, 0.5) is 18.0 Å². The molecule has 0 unspecified atom stereocenters. The summed E-state index contributed by atoms with van der Waals surface area (Å²) < 4.78 is 36.2. The lowest BCUT2D eigenvalue weighted by atomic mass is 10.6. The van der Waals surface area contributed by atoms with E-state index in [-0.39, 0.29) is 4.57 Å². The number of rotatable bonds is 0. The molecule has 0 bridgehead atoms. The molecule has 1 N–H and O–H groups in total. The van der Waals surface area contributed by atoms with Gasteiger partial charge in [-0.3, -0.25) is 0 Å². The van der Waals surface area contributed by atoms with E-state index in [0.717, 1.165) is 0 Å². The zero-order valence-electron chi connectivity index (χ0n) is 6.14. The van der Waals surface area contributed by atoms with Gasteiger partial charge in [0.05, 0.1) is 0 Å². The van der Waals surface area contributed by atoms with Gasteiger partial charge in [0, 0.05) is 0 Å². The van der Waals surface area contributed by atoms with E-state index in [1.165, 1.54) is 0 Å². The first kappa shape index (κ1) is 11.1. The summed E-state index contributed by atoms with van der Waals surface area (Å²) in [6.45, 7) is 0. The molecule has 0 spiro atoms. The number of alkyl halides is 3. The van der Waals surface area contributed by atoms with Crippen molar-refractivity contribution in [1.29, 1.82) is 0 Å². The maximum absolute atomic E-state index is 12.1. The molecule has 1 aromatic rings. The number of carbonyl (C=O) groups is 1. The predicted molar refractivity (Wildman–Crippen MR) is 40.7 cm³/mol. The van der Waals surface area contributed by atoms with Gasteiger partial charge in [0.25, 0.3) is 0 Å². The van der Waals surface area contributed by atoms with E-state index >= 15 is 0 Å². The van der Waals surface area contributed by atoms with Crippen molar-refractivity contribution in [2.75, 3.05) is 0 Å². The first-order valence-corrected chi connectivity index (χ1v) is 3.75. The minimum atomic E-state index is -4.92. The number of hydrogen-bond acceptors (Lipinski definition) is 2. The number of imidazole rings is 1. The van der Waals surface area contributed by atoms with Crippen LogP contribution >= 0.6 is 23.2 Å². The molecule has 0 aliphatic rings. The van der Waals surface area contributed by atoms with Crippen molar-refractivity contribution in [2.24, 2.45) is 0 Å². The Morgan fingerprint density at radius 2 is 1.93 bits per heavy atom. The Hall–Kier alpha value is -0.950. The van der Waals surface area contributed by atoms with E-state index in [0.29, 0.717) is 0 Å². The smallest absolute Gasteiger partial charge is 0.450 e. The van der Waals surface area contributed by atoms with Gasteiger partial charge in [-0.2, -0.15) is 13.2 Å². The summed E-state index contributed by atoms with van der Waals surface area (Å²) in [4.78, 5) is 13.2. The van der Waals surface area contributed by atoms with Crippen molar-refractivity contribution in [3.05, 3.63) is 16.1 Å². The summed E-state index contributed by atoms with van der Waals surface area (Å²) in [7, 11) is 0. The Labute approximate surface area is 84.9 Å². The molecular formula is C5HCl2F3N2O2. The second-order valence-electron chi connectivity index (χ2n) is 2.13. The molecule has 0 saturated heterocycles. The van der Waals surface area contributed by atoms with Crippen LogP contribution in [0.5, 0.6) is 0 Å². The number of nitrogens with zero attached hydrogens (tertiary/aromatic N) is 2. The van der Waals surface area contributed by atoms with E-state index in [2.05, 4.69) is 4.98 Å².